The SMILES string of the molecule is CCn1c(-c2cc(N)cc(C)c2C)nc2c(F)cccc21. The largest absolute Gasteiger partial charge is 0.399 e. The van der Waals surface area contributed by atoms with E-state index in [0.717, 1.165) is 34.6 Å². The minimum atomic E-state index is -0.292. The zero-order valence-corrected chi connectivity index (χ0v) is 12.4. The molecule has 0 saturated heterocycles. The summed E-state index contributed by atoms with van der Waals surface area (Å²) in [5.41, 5.74) is 11.1. The van der Waals surface area contributed by atoms with E-state index in [1.54, 1.807) is 6.07 Å². The fraction of sp³-hybridized carbons (Fsp3) is 0.235. The summed E-state index contributed by atoms with van der Waals surface area (Å²) >= 11 is 0. The summed E-state index contributed by atoms with van der Waals surface area (Å²) in [4.78, 5) is 4.53. The molecule has 0 amide bonds. The van der Waals surface area contributed by atoms with Gasteiger partial charge in [-0.25, -0.2) is 9.37 Å². The molecule has 3 nitrogen and oxygen atoms in total. The first-order valence-electron chi connectivity index (χ1n) is 7.04. The van der Waals surface area contributed by atoms with Crippen LogP contribution in [0, 0.1) is 19.7 Å². The van der Waals surface area contributed by atoms with Gasteiger partial charge in [-0.15, -0.1) is 0 Å². The number of nitrogens with zero attached hydrogens (tertiary/aromatic N) is 2. The number of nitrogens with two attached hydrogens (primary N) is 1. The molecule has 1 aromatic heterocycles. The third-order valence-electron chi connectivity index (χ3n) is 3.98. The van der Waals surface area contributed by atoms with E-state index in [0.29, 0.717) is 11.2 Å². The number of nitrogen functional groups attached to an aromatic ring is 1. The van der Waals surface area contributed by atoms with Crippen molar-refractivity contribution in [3.8, 4) is 11.4 Å². The number of benzene rings is 2. The summed E-state index contributed by atoms with van der Waals surface area (Å²) in [6.07, 6.45) is 0. The maximum absolute atomic E-state index is 14.0. The summed E-state index contributed by atoms with van der Waals surface area (Å²) in [7, 11) is 0. The topological polar surface area (TPSA) is 43.8 Å². The molecule has 2 aromatic carbocycles. The van der Waals surface area contributed by atoms with Gasteiger partial charge in [0, 0.05) is 17.8 Å². The molecule has 0 aliphatic rings. The lowest BCUT2D eigenvalue weighted by atomic mass is 10.0. The molecule has 0 spiro atoms. The Labute approximate surface area is 123 Å². The predicted molar refractivity (Wildman–Crippen MR) is 84.7 cm³/mol. The molecule has 4 heteroatoms. The van der Waals surface area contributed by atoms with E-state index in [1.165, 1.54) is 6.07 Å². The second kappa shape index (κ2) is 4.88. The van der Waals surface area contributed by atoms with Gasteiger partial charge in [0.25, 0.3) is 0 Å². The Balaban J connectivity index is 2.38. The van der Waals surface area contributed by atoms with Crippen LogP contribution in [0.2, 0.25) is 0 Å². The average Bonchev–Trinajstić information content (AvgIpc) is 2.82. The molecule has 2 N–H and O–H groups in total. The summed E-state index contributed by atoms with van der Waals surface area (Å²) in [6, 6.07) is 8.90. The van der Waals surface area contributed by atoms with Crippen molar-refractivity contribution >= 4 is 16.7 Å². The molecule has 0 aliphatic heterocycles. The van der Waals surface area contributed by atoms with E-state index >= 15 is 0 Å². The van der Waals surface area contributed by atoms with Gasteiger partial charge in [-0.2, -0.15) is 0 Å². The number of imidazole rings is 1. The van der Waals surface area contributed by atoms with Crippen LogP contribution >= 0.6 is 0 Å². The van der Waals surface area contributed by atoms with Crippen molar-refractivity contribution in [2.75, 3.05) is 5.73 Å². The summed E-state index contributed by atoms with van der Waals surface area (Å²) in [5, 5.41) is 0. The molecular weight excluding hydrogens is 265 g/mol. The molecule has 1 heterocycles. The number of aryl methyl sites for hydroxylation is 2. The van der Waals surface area contributed by atoms with Crippen LogP contribution in [0.25, 0.3) is 22.4 Å². The van der Waals surface area contributed by atoms with Crippen LogP contribution in [0.15, 0.2) is 30.3 Å². The molecule has 21 heavy (non-hydrogen) atoms. The molecule has 0 bridgehead atoms. The van der Waals surface area contributed by atoms with Crippen LogP contribution in [0.1, 0.15) is 18.1 Å². The maximum atomic E-state index is 14.0. The van der Waals surface area contributed by atoms with E-state index in [1.807, 2.05) is 43.5 Å². The fourth-order valence-corrected chi connectivity index (χ4v) is 2.76. The fourth-order valence-electron chi connectivity index (χ4n) is 2.76. The quantitative estimate of drug-likeness (QED) is 0.721. The second-order valence-corrected chi connectivity index (χ2v) is 5.30. The van der Waals surface area contributed by atoms with Crippen LogP contribution in [0.3, 0.4) is 0 Å². The van der Waals surface area contributed by atoms with E-state index in [9.17, 15) is 4.39 Å². The first-order chi connectivity index (χ1) is 10.0. The van der Waals surface area contributed by atoms with Gasteiger partial charge in [-0.3, -0.25) is 0 Å². The molecule has 3 rings (SSSR count). The molecule has 0 saturated carbocycles. The Morgan fingerprint density at radius 1 is 1.24 bits per heavy atom. The smallest absolute Gasteiger partial charge is 0.151 e. The van der Waals surface area contributed by atoms with Gasteiger partial charge in [0.1, 0.15) is 11.3 Å². The van der Waals surface area contributed by atoms with Gasteiger partial charge in [-0.1, -0.05) is 6.07 Å². The third kappa shape index (κ3) is 2.07. The Hall–Kier alpha value is -2.36. The normalized spacial score (nSPS) is 11.2. The predicted octanol–water partition coefficient (Wildman–Crippen LogP) is 4.06. The Morgan fingerprint density at radius 2 is 2.00 bits per heavy atom. The van der Waals surface area contributed by atoms with Crippen molar-refractivity contribution in [3.05, 3.63) is 47.3 Å². The molecule has 0 atom stereocenters. The van der Waals surface area contributed by atoms with Crippen molar-refractivity contribution in [3.63, 3.8) is 0 Å². The van der Waals surface area contributed by atoms with Gasteiger partial charge < -0.3 is 10.3 Å². The molecule has 0 aliphatic carbocycles. The zero-order valence-electron chi connectivity index (χ0n) is 12.4. The highest BCUT2D eigenvalue weighted by atomic mass is 19.1. The zero-order chi connectivity index (χ0) is 15.1. The van der Waals surface area contributed by atoms with Crippen molar-refractivity contribution < 1.29 is 4.39 Å². The van der Waals surface area contributed by atoms with Crippen molar-refractivity contribution in [2.24, 2.45) is 0 Å². The van der Waals surface area contributed by atoms with E-state index in [-0.39, 0.29) is 5.82 Å². The van der Waals surface area contributed by atoms with Crippen molar-refractivity contribution in [1.82, 2.24) is 9.55 Å². The van der Waals surface area contributed by atoms with Gasteiger partial charge in [-0.05, 0) is 56.2 Å². The Morgan fingerprint density at radius 3 is 2.71 bits per heavy atom. The molecule has 108 valence electrons. The number of anilines is 1. The van der Waals surface area contributed by atoms with E-state index < -0.39 is 0 Å². The lowest BCUT2D eigenvalue weighted by Gasteiger charge is -2.12. The molecule has 0 unspecified atom stereocenters. The van der Waals surface area contributed by atoms with Crippen LogP contribution in [-0.2, 0) is 6.54 Å². The highest BCUT2D eigenvalue weighted by Crippen LogP contribution is 2.31. The molecule has 3 aromatic rings. The van der Waals surface area contributed by atoms with Crippen LogP contribution in [-0.4, -0.2) is 9.55 Å². The number of aromatic nitrogens is 2. The number of hydrogen-bond donors (Lipinski definition) is 1. The van der Waals surface area contributed by atoms with Crippen LogP contribution in [0.5, 0.6) is 0 Å². The highest BCUT2D eigenvalue weighted by molar-refractivity contribution is 5.82. The third-order valence-corrected chi connectivity index (χ3v) is 3.98. The first kappa shape index (κ1) is 13.6. The van der Waals surface area contributed by atoms with Gasteiger partial charge >= 0.3 is 0 Å². The number of rotatable bonds is 2. The van der Waals surface area contributed by atoms with Crippen molar-refractivity contribution in [1.29, 1.82) is 0 Å². The molecular formula is C17H18FN3. The molecule has 0 fully saturated rings. The van der Waals surface area contributed by atoms with Crippen LogP contribution < -0.4 is 5.73 Å². The first-order valence-corrected chi connectivity index (χ1v) is 7.04. The number of hydrogen-bond acceptors (Lipinski definition) is 2. The average molecular weight is 283 g/mol. The maximum Gasteiger partial charge on any atom is 0.151 e. The minimum absolute atomic E-state index is 0.292. The highest BCUT2D eigenvalue weighted by Gasteiger charge is 2.16. The lowest BCUT2D eigenvalue weighted by molar-refractivity contribution is 0.637. The van der Waals surface area contributed by atoms with E-state index in [4.69, 9.17) is 5.73 Å². The van der Waals surface area contributed by atoms with Gasteiger partial charge in [0.05, 0.1) is 5.52 Å². The van der Waals surface area contributed by atoms with Gasteiger partial charge in [0.15, 0.2) is 5.82 Å². The number of para-hydroxylation sites is 1. The number of halogens is 1. The van der Waals surface area contributed by atoms with Crippen molar-refractivity contribution in [2.45, 2.75) is 27.3 Å². The van der Waals surface area contributed by atoms with Gasteiger partial charge in [0.2, 0.25) is 0 Å². The Kier molecular flexibility index (Phi) is 3.16. The second-order valence-electron chi connectivity index (χ2n) is 5.30. The summed E-state index contributed by atoms with van der Waals surface area (Å²) in [6.45, 7) is 6.82. The van der Waals surface area contributed by atoms with Crippen LogP contribution in [0.4, 0.5) is 10.1 Å². The number of fused-ring (bicyclic) bond motifs is 1. The monoisotopic (exact) mass is 283 g/mol. The summed E-state index contributed by atoms with van der Waals surface area (Å²) in [5.74, 6) is 0.477. The summed E-state index contributed by atoms with van der Waals surface area (Å²) < 4.78 is 16.0. The lowest BCUT2D eigenvalue weighted by Crippen LogP contribution is -2.01. The standard InChI is InChI=1S/C17H18FN3/c1-4-21-15-7-5-6-14(18)16(15)20-17(21)13-9-12(19)8-10(2)11(13)3/h5-9H,4,19H2,1-3H3. The van der Waals surface area contributed by atoms with E-state index in [2.05, 4.69) is 4.98 Å². The Bertz CT molecular complexity index is 834. The minimum Gasteiger partial charge on any atom is -0.399 e. The molecule has 0 radical (unpaired) electrons.